The molecule has 0 bridgehead atoms. The number of nitrogens with zero attached hydrogens (tertiary/aromatic N) is 4. The third kappa shape index (κ3) is 4.58. The minimum absolute atomic E-state index is 0.0909. The van der Waals surface area contributed by atoms with Crippen molar-refractivity contribution in [1.29, 1.82) is 0 Å². The number of ether oxygens (including phenoxy) is 1. The maximum absolute atomic E-state index is 13.6. The number of amides is 1. The van der Waals surface area contributed by atoms with Crippen LogP contribution in [-0.4, -0.2) is 31.4 Å². The van der Waals surface area contributed by atoms with Crippen molar-refractivity contribution in [1.82, 2.24) is 19.7 Å². The maximum atomic E-state index is 13.6. The fraction of sp³-hybridized carbons (Fsp3) is 0.250. The van der Waals surface area contributed by atoms with E-state index >= 15 is 0 Å². The van der Waals surface area contributed by atoms with Crippen LogP contribution in [0.5, 0.6) is 5.75 Å². The van der Waals surface area contributed by atoms with E-state index in [1.54, 1.807) is 29.8 Å². The molecule has 3 rings (SSSR count). The van der Waals surface area contributed by atoms with Crippen molar-refractivity contribution in [2.75, 3.05) is 11.1 Å². The average Bonchev–Trinajstić information content (AvgIpc) is 3.28. The number of para-hydroxylation sites is 1. The first-order valence-corrected chi connectivity index (χ1v) is 9.65. The largest absolute Gasteiger partial charge is 0.483 e. The first-order valence-electron chi connectivity index (χ1n) is 7.79. The van der Waals surface area contributed by atoms with Crippen molar-refractivity contribution in [3.05, 3.63) is 47.5 Å². The molecule has 2 aromatic heterocycles. The van der Waals surface area contributed by atoms with Gasteiger partial charge in [-0.1, -0.05) is 23.9 Å². The van der Waals surface area contributed by atoms with Crippen LogP contribution in [0.15, 0.2) is 41.0 Å². The van der Waals surface area contributed by atoms with Gasteiger partial charge >= 0.3 is 0 Å². The molecule has 0 saturated carbocycles. The van der Waals surface area contributed by atoms with Crippen LogP contribution in [0.25, 0.3) is 0 Å². The summed E-state index contributed by atoms with van der Waals surface area (Å²) in [6, 6.07) is 6.19. The predicted octanol–water partition coefficient (Wildman–Crippen LogP) is 3.20. The second-order valence-electron chi connectivity index (χ2n) is 5.04. The van der Waals surface area contributed by atoms with Crippen LogP contribution in [0.4, 0.5) is 9.52 Å². The van der Waals surface area contributed by atoms with Gasteiger partial charge in [-0.3, -0.25) is 4.79 Å². The van der Waals surface area contributed by atoms with E-state index in [1.165, 1.54) is 29.2 Å². The second-order valence-corrected chi connectivity index (χ2v) is 6.87. The van der Waals surface area contributed by atoms with Crippen LogP contribution >= 0.6 is 23.1 Å². The normalized spacial score (nSPS) is 10.7. The van der Waals surface area contributed by atoms with Crippen LogP contribution in [0, 0.1) is 5.82 Å². The van der Waals surface area contributed by atoms with Gasteiger partial charge in [-0.15, -0.1) is 21.5 Å². The molecular formula is C16H16FN5O2S2. The molecule has 26 heavy (non-hydrogen) atoms. The molecule has 0 spiro atoms. The van der Waals surface area contributed by atoms with E-state index in [1.807, 2.05) is 11.5 Å². The van der Waals surface area contributed by atoms with E-state index in [4.69, 9.17) is 4.74 Å². The number of carbonyl (C=O) groups is 1. The van der Waals surface area contributed by atoms with Crippen molar-refractivity contribution < 1.29 is 13.9 Å². The minimum atomic E-state index is -0.427. The average molecular weight is 393 g/mol. The Morgan fingerprint density at radius 1 is 1.38 bits per heavy atom. The van der Waals surface area contributed by atoms with Gasteiger partial charge in [-0.25, -0.2) is 9.37 Å². The van der Waals surface area contributed by atoms with E-state index < -0.39 is 5.82 Å². The Morgan fingerprint density at radius 3 is 2.96 bits per heavy atom. The molecule has 0 radical (unpaired) electrons. The van der Waals surface area contributed by atoms with Gasteiger partial charge in [-0.2, -0.15) is 0 Å². The number of thiazole rings is 1. The molecular weight excluding hydrogens is 377 g/mol. The summed E-state index contributed by atoms with van der Waals surface area (Å²) >= 11 is 2.63. The lowest BCUT2D eigenvalue weighted by Gasteiger charge is -2.09. The zero-order valence-corrected chi connectivity index (χ0v) is 15.5. The molecule has 0 saturated heterocycles. The second kappa shape index (κ2) is 8.77. The number of anilines is 1. The molecule has 0 aliphatic carbocycles. The van der Waals surface area contributed by atoms with E-state index in [2.05, 4.69) is 20.5 Å². The molecule has 0 unspecified atom stereocenters. The maximum Gasteiger partial charge on any atom is 0.236 e. The highest BCUT2D eigenvalue weighted by atomic mass is 32.2. The minimum Gasteiger partial charge on any atom is -0.483 e. The highest BCUT2D eigenvalue weighted by Crippen LogP contribution is 2.20. The molecule has 1 amide bonds. The van der Waals surface area contributed by atoms with Gasteiger partial charge in [0.25, 0.3) is 0 Å². The van der Waals surface area contributed by atoms with Crippen LogP contribution in [-0.2, 0) is 17.9 Å². The molecule has 0 aliphatic rings. The number of nitrogens with one attached hydrogen (secondary N) is 1. The van der Waals surface area contributed by atoms with Gasteiger partial charge in [0.05, 0.1) is 5.75 Å². The quantitative estimate of drug-likeness (QED) is 0.592. The Hall–Kier alpha value is -2.46. The summed E-state index contributed by atoms with van der Waals surface area (Å²) in [5, 5.41) is 13.9. The van der Waals surface area contributed by atoms with Crippen molar-refractivity contribution in [2.24, 2.45) is 0 Å². The monoisotopic (exact) mass is 393 g/mol. The molecule has 1 N–H and O–H groups in total. The zero-order chi connectivity index (χ0) is 18.4. The molecule has 136 valence electrons. The summed E-state index contributed by atoms with van der Waals surface area (Å²) in [4.78, 5) is 16.0. The number of aromatic nitrogens is 4. The Bertz CT molecular complexity index is 869. The summed E-state index contributed by atoms with van der Waals surface area (Å²) in [7, 11) is 0. The van der Waals surface area contributed by atoms with E-state index in [0.717, 1.165) is 0 Å². The Labute approximate surface area is 157 Å². The van der Waals surface area contributed by atoms with E-state index in [-0.39, 0.29) is 24.0 Å². The number of carbonyl (C=O) groups excluding carboxylic acids is 1. The molecule has 3 aromatic rings. The number of rotatable bonds is 8. The van der Waals surface area contributed by atoms with Crippen molar-refractivity contribution in [3.8, 4) is 5.75 Å². The smallest absolute Gasteiger partial charge is 0.236 e. The first-order chi connectivity index (χ1) is 12.7. The fourth-order valence-electron chi connectivity index (χ4n) is 2.12. The van der Waals surface area contributed by atoms with Crippen LogP contribution in [0.3, 0.4) is 0 Å². The number of hydrogen-bond acceptors (Lipinski definition) is 7. The van der Waals surface area contributed by atoms with Gasteiger partial charge in [0, 0.05) is 18.1 Å². The third-order valence-electron chi connectivity index (χ3n) is 3.31. The van der Waals surface area contributed by atoms with Crippen LogP contribution in [0.1, 0.15) is 12.7 Å². The lowest BCUT2D eigenvalue weighted by Crippen LogP contribution is -2.14. The van der Waals surface area contributed by atoms with Gasteiger partial charge in [0.2, 0.25) is 5.91 Å². The molecule has 0 atom stereocenters. The first kappa shape index (κ1) is 18.3. The summed E-state index contributed by atoms with van der Waals surface area (Å²) in [6.07, 6.45) is 1.63. The zero-order valence-electron chi connectivity index (χ0n) is 13.9. The van der Waals surface area contributed by atoms with Crippen LogP contribution < -0.4 is 10.1 Å². The molecule has 0 aliphatic heterocycles. The van der Waals surface area contributed by atoms with Crippen LogP contribution in [0.2, 0.25) is 0 Å². The third-order valence-corrected chi connectivity index (χ3v) is 4.97. The molecule has 2 heterocycles. The van der Waals surface area contributed by atoms with Gasteiger partial charge in [-0.05, 0) is 19.1 Å². The van der Waals surface area contributed by atoms with Crippen molar-refractivity contribution >= 4 is 34.1 Å². The van der Waals surface area contributed by atoms with E-state index in [9.17, 15) is 9.18 Å². The van der Waals surface area contributed by atoms with Gasteiger partial charge in [0.15, 0.2) is 27.7 Å². The Kier molecular flexibility index (Phi) is 6.18. The number of hydrogen-bond donors (Lipinski definition) is 1. The predicted molar refractivity (Wildman–Crippen MR) is 97.9 cm³/mol. The summed E-state index contributed by atoms with van der Waals surface area (Å²) in [5.41, 5.74) is 0. The Morgan fingerprint density at radius 2 is 2.23 bits per heavy atom. The molecule has 7 nitrogen and oxygen atoms in total. The number of thioether (sulfide) groups is 1. The fourth-order valence-corrected chi connectivity index (χ4v) is 3.49. The SMILES string of the molecule is CCn1c(COc2ccccc2F)nnc1SCC(=O)Nc1nccs1. The highest BCUT2D eigenvalue weighted by Gasteiger charge is 2.14. The number of benzene rings is 1. The summed E-state index contributed by atoms with van der Waals surface area (Å²) in [6.45, 7) is 2.64. The lowest BCUT2D eigenvalue weighted by molar-refractivity contribution is -0.113. The molecule has 0 fully saturated rings. The van der Waals surface area contributed by atoms with Crippen molar-refractivity contribution in [3.63, 3.8) is 0 Å². The Balaban J connectivity index is 1.59. The van der Waals surface area contributed by atoms with E-state index in [0.29, 0.717) is 22.7 Å². The molecule has 1 aromatic carbocycles. The molecule has 10 heteroatoms. The van der Waals surface area contributed by atoms with Gasteiger partial charge < -0.3 is 14.6 Å². The number of halogens is 1. The van der Waals surface area contributed by atoms with Crippen molar-refractivity contribution in [2.45, 2.75) is 25.2 Å². The highest BCUT2D eigenvalue weighted by molar-refractivity contribution is 7.99. The standard InChI is InChI=1S/C16H16FN5O2S2/c1-2-22-13(9-24-12-6-4-3-5-11(12)17)20-21-16(22)26-10-14(23)19-15-18-7-8-25-15/h3-8H,2,9-10H2,1H3,(H,18,19,23). The van der Waals surface area contributed by atoms with Gasteiger partial charge in [0.1, 0.15) is 6.61 Å². The topological polar surface area (TPSA) is 81.9 Å². The summed E-state index contributed by atoms with van der Waals surface area (Å²) in [5.74, 6) is 0.323. The lowest BCUT2D eigenvalue weighted by atomic mass is 10.3. The summed E-state index contributed by atoms with van der Waals surface area (Å²) < 4.78 is 20.9.